The topological polar surface area (TPSA) is 62.6 Å². The lowest BCUT2D eigenvalue weighted by Gasteiger charge is -2.16. The second-order valence-corrected chi connectivity index (χ2v) is 5.50. The monoisotopic (exact) mass is 262 g/mol. The molecule has 0 bridgehead atoms. The molecule has 0 spiro atoms. The molecule has 19 heavy (non-hydrogen) atoms. The molecule has 0 radical (unpaired) electrons. The van der Waals surface area contributed by atoms with Crippen molar-refractivity contribution in [1.29, 1.82) is 0 Å². The molecule has 1 aromatic heterocycles. The Labute approximate surface area is 111 Å². The first kappa shape index (κ1) is 12.3. The van der Waals surface area contributed by atoms with Crippen molar-refractivity contribution in [1.82, 2.24) is 10.2 Å². The lowest BCUT2D eigenvalue weighted by molar-refractivity contribution is -0.135. The zero-order valence-electron chi connectivity index (χ0n) is 11.0. The highest BCUT2D eigenvalue weighted by Gasteiger charge is 2.47. The summed E-state index contributed by atoms with van der Waals surface area (Å²) in [5.41, 5.74) is 0. The van der Waals surface area contributed by atoms with Crippen LogP contribution in [0.1, 0.15) is 30.9 Å². The van der Waals surface area contributed by atoms with Gasteiger partial charge in [0.15, 0.2) is 0 Å². The van der Waals surface area contributed by atoms with Crippen molar-refractivity contribution in [3.63, 3.8) is 0 Å². The van der Waals surface area contributed by atoms with Gasteiger partial charge in [-0.05, 0) is 31.4 Å². The number of amides is 2. The summed E-state index contributed by atoms with van der Waals surface area (Å²) in [5.74, 6) is 1.01. The molecule has 2 fully saturated rings. The van der Waals surface area contributed by atoms with Crippen molar-refractivity contribution >= 4 is 11.8 Å². The van der Waals surface area contributed by atoms with E-state index in [0.717, 1.165) is 25.0 Å². The minimum Gasteiger partial charge on any atom is -0.469 e. The molecule has 0 saturated heterocycles. The Morgan fingerprint density at radius 1 is 1.47 bits per heavy atom. The zero-order chi connectivity index (χ0) is 13.4. The number of hydrogen-bond acceptors (Lipinski definition) is 3. The van der Waals surface area contributed by atoms with Gasteiger partial charge in [-0.3, -0.25) is 9.59 Å². The van der Waals surface area contributed by atoms with Gasteiger partial charge in [0.1, 0.15) is 5.76 Å². The highest BCUT2D eigenvalue weighted by molar-refractivity contribution is 5.88. The zero-order valence-corrected chi connectivity index (χ0v) is 11.0. The molecule has 2 aliphatic rings. The van der Waals surface area contributed by atoms with Crippen LogP contribution in [-0.4, -0.2) is 36.3 Å². The van der Waals surface area contributed by atoms with Crippen LogP contribution in [0.2, 0.25) is 0 Å². The van der Waals surface area contributed by atoms with Crippen LogP contribution in [-0.2, 0) is 9.59 Å². The van der Waals surface area contributed by atoms with Gasteiger partial charge in [0.05, 0.1) is 12.8 Å². The first-order valence-electron chi connectivity index (χ1n) is 6.73. The molecule has 1 heterocycles. The molecule has 2 aliphatic carbocycles. The van der Waals surface area contributed by atoms with E-state index in [4.69, 9.17) is 4.42 Å². The number of furan rings is 1. The Morgan fingerprint density at radius 3 is 2.89 bits per heavy atom. The molecule has 0 aromatic carbocycles. The molecule has 2 amide bonds. The Kier molecular flexibility index (Phi) is 3.05. The van der Waals surface area contributed by atoms with Gasteiger partial charge >= 0.3 is 0 Å². The smallest absolute Gasteiger partial charge is 0.239 e. The third-order valence-corrected chi connectivity index (χ3v) is 3.72. The molecule has 3 rings (SSSR count). The highest BCUT2D eigenvalue weighted by atomic mass is 16.3. The van der Waals surface area contributed by atoms with Crippen LogP contribution >= 0.6 is 0 Å². The summed E-state index contributed by atoms with van der Waals surface area (Å²) in [4.78, 5) is 25.3. The van der Waals surface area contributed by atoms with Crippen molar-refractivity contribution < 1.29 is 14.0 Å². The van der Waals surface area contributed by atoms with Crippen LogP contribution < -0.4 is 5.32 Å². The SMILES string of the molecule is CN(CC(=O)NC1CC1)C(=O)C1CC1c1ccco1. The van der Waals surface area contributed by atoms with Crippen LogP contribution in [0.15, 0.2) is 22.8 Å². The molecule has 1 N–H and O–H groups in total. The lowest BCUT2D eigenvalue weighted by Crippen LogP contribution is -2.39. The minimum atomic E-state index is -0.0615. The molecule has 102 valence electrons. The van der Waals surface area contributed by atoms with Gasteiger partial charge in [-0.25, -0.2) is 0 Å². The number of nitrogens with zero attached hydrogens (tertiary/aromatic N) is 1. The molecular weight excluding hydrogens is 244 g/mol. The Hall–Kier alpha value is -1.78. The summed E-state index contributed by atoms with van der Waals surface area (Å²) in [5, 5.41) is 2.89. The van der Waals surface area contributed by atoms with E-state index >= 15 is 0 Å². The van der Waals surface area contributed by atoms with Gasteiger partial charge in [-0.1, -0.05) is 0 Å². The van der Waals surface area contributed by atoms with E-state index in [0.29, 0.717) is 6.04 Å². The number of hydrogen-bond donors (Lipinski definition) is 1. The molecular formula is C14H18N2O3. The van der Waals surface area contributed by atoms with E-state index in [9.17, 15) is 9.59 Å². The van der Waals surface area contributed by atoms with Gasteiger partial charge in [0.25, 0.3) is 0 Å². The van der Waals surface area contributed by atoms with E-state index in [1.54, 1.807) is 13.3 Å². The van der Waals surface area contributed by atoms with E-state index in [2.05, 4.69) is 5.32 Å². The van der Waals surface area contributed by atoms with Gasteiger partial charge in [-0.2, -0.15) is 0 Å². The molecule has 5 heteroatoms. The number of carbonyl (C=O) groups excluding carboxylic acids is 2. The summed E-state index contributed by atoms with van der Waals surface area (Å²) < 4.78 is 5.31. The molecule has 5 nitrogen and oxygen atoms in total. The maximum absolute atomic E-state index is 12.2. The average molecular weight is 262 g/mol. The Balaban J connectivity index is 1.49. The molecule has 2 unspecified atom stereocenters. The van der Waals surface area contributed by atoms with Gasteiger partial charge in [0.2, 0.25) is 11.8 Å². The Bertz CT molecular complexity index is 479. The van der Waals surface area contributed by atoms with Crippen LogP contribution in [0.3, 0.4) is 0 Å². The second-order valence-electron chi connectivity index (χ2n) is 5.50. The first-order chi connectivity index (χ1) is 9.15. The van der Waals surface area contributed by atoms with Gasteiger partial charge in [0, 0.05) is 24.9 Å². The van der Waals surface area contributed by atoms with E-state index in [1.807, 2.05) is 12.1 Å². The minimum absolute atomic E-state index is 0.0233. The maximum atomic E-state index is 12.2. The van der Waals surface area contributed by atoms with E-state index in [1.165, 1.54) is 4.90 Å². The molecule has 2 atom stereocenters. The summed E-state index contributed by atoms with van der Waals surface area (Å²) in [6.07, 6.45) is 4.57. The summed E-state index contributed by atoms with van der Waals surface area (Å²) in [6, 6.07) is 4.08. The Morgan fingerprint density at radius 2 is 2.26 bits per heavy atom. The van der Waals surface area contributed by atoms with E-state index < -0.39 is 0 Å². The highest BCUT2D eigenvalue weighted by Crippen LogP contribution is 2.48. The van der Waals surface area contributed by atoms with Gasteiger partial charge in [-0.15, -0.1) is 0 Å². The second kappa shape index (κ2) is 4.72. The fourth-order valence-corrected chi connectivity index (χ4v) is 2.36. The number of rotatable bonds is 5. The largest absolute Gasteiger partial charge is 0.469 e. The molecule has 2 saturated carbocycles. The fourth-order valence-electron chi connectivity index (χ4n) is 2.36. The summed E-state index contributed by atoms with van der Waals surface area (Å²) in [7, 11) is 1.69. The molecule has 0 aliphatic heterocycles. The van der Waals surface area contributed by atoms with Crippen molar-refractivity contribution in [3.8, 4) is 0 Å². The average Bonchev–Trinajstić information content (AvgIpc) is 3.29. The third kappa shape index (κ3) is 2.80. The standard InChI is InChI=1S/C14H18N2O3/c1-16(8-13(17)15-9-4-5-9)14(18)11-7-10(11)12-3-2-6-19-12/h2-3,6,9-11H,4-5,7-8H2,1H3,(H,15,17). The maximum Gasteiger partial charge on any atom is 0.239 e. The normalized spacial score (nSPS) is 24.9. The quantitative estimate of drug-likeness (QED) is 0.865. The third-order valence-electron chi connectivity index (χ3n) is 3.72. The fraction of sp³-hybridized carbons (Fsp3) is 0.571. The van der Waals surface area contributed by atoms with E-state index in [-0.39, 0.29) is 30.2 Å². The van der Waals surface area contributed by atoms with Crippen LogP contribution in [0.5, 0.6) is 0 Å². The number of likely N-dealkylation sites (N-methyl/N-ethyl adjacent to an activating group) is 1. The predicted molar refractivity (Wildman–Crippen MR) is 68.4 cm³/mol. The van der Waals surface area contributed by atoms with Crippen LogP contribution in [0.25, 0.3) is 0 Å². The van der Waals surface area contributed by atoms with Gasteiger partial charge < -0.3 is 14.6 Å². The van der Waals surface area contributed by atoms with Crippen LogP contribution in [0.4, 0.5) is 0 Å². The first-order valence-corrected chi connectivity index (χ1v) is 6.73. The predicted octanol–water partition coefficient (Wildman–Crippen LogP) is 1.12. The van der Waals surface area contributed by atoms with Crippen LogP contribution in [0, 0.1) is 5.92 Å². The van der Waals surface area contributed by atoms with Crippen molar-refractivity contribution in [2.75, 3.05) is 13.6 Å². The van der Waals surface area contributed by atoms with Crippen molar-refractivity contribution in [2.45, 2.75) is 31.2 Å². The number of nitrogens with one attached hydrogen (secondary N) is 1. The van der Waals surface area contributed by atoms with Crippen molar-refractivity contribution in [2.24, 2.45) is 5.92 Å². The van der Waals surface area contributed by atoms with Crippen molar-refractivity contribution in [3.05, 3.63) is 24.2 Å². The molecule has 1 aromatic rings. The number of carbonyl (C=O) groups is 2. The lowest BCUT2D eigenvalue weighted by atomic mass is 10.2. The summed E-state index contributed by atoms with van der Waals surface area (Å²) in [6.45, 7) is 0.150. The summed E-state index contributed by atoms with van der Waals surface area (Å²) >= 11 is 0.